The van der Waals surface area contributed by atoms with Crippen molar-refractivity contribution in [3.63, 3.8) is 0 Å². The van der Waals surface area contributed by atoms with Gasteiger partial charge in [-0.2, -0.15) is 0 Å². The molecule has 0 aromatic rings. The molecule has 72 valence electrons. The molecule has 0 aromatic heterocycles. The highest BCUT2D eigenvalue weighted by atomic mass is 32.1. The predicted molar refractivity (Wildman–Crippen MR) is 52.0 cm³/mol. The molecule has 0 saturated carbocycles. The second-order valence-corrected chi connectivity index (χ2v) is 3.96. The fourth-order valence-corrected chi connectivity index (χ4v) is 1.22. The average Bonchev–Trinajstić information content (AvgIpc) is 1.84. The van der Waals surface area contributed by atoms with E-state index in [1.54, 1.807) is 0 Å². The zero-order valence-corrected chi connectivity index (χ0v) is 8.42. The second kappa shape index (κ2) is 5.56. The molecular weight excluding hydrogens is 174 g/mol. The van der Waals surface area contributed by atoms with E-state index < -0.39 is 6.10 Å². The van der Waals surface area contributed by atoms with Gasteiger partial charge in [-0.05, 0) is 12.3 Å². The summed E-state index contributed by atoms with van der Waals surface area (Å²) in [6, 6.07) is -0.318. The van der Waals surface area contributed by atoms with Crippen LogP contribution in [0.5, 0.6) is 0 Å². The van der Waals surface area contributed by atoms with Gasteiger partial charge >= 0.3 is 0 Å². The standard InChI is InChI=1S/C8H17NO2S/c1-5(2)3-6(9)7(10)4-8(11)12/h5-7,10H,3-4,9H2,1-2H3,(H,11,12). The van der Waals surface area contributed by atoms with Crippen molar-refractivity contribution in [2.75, 3.05) is 0 Å². The lowest BCUT2D eigenvalue weighted by molar-refractivity contribution is -0.112. The van der Waals surface area contributed by atoms with Crippen molar-refractivity contribution in [2.45, 2.75) is 38.8 Å². The van der Waals surface area contributed by atoms with Crippen LogP contribution in [0, 0.1) is 5.92 Å². The van der Waals surface area contributed by atoms with Gasteiger partial charge in [0.2, 0.25) is 0 Å². The van der Waals surface area contributed by atoms with E-state index in [0.717, 1.165) is 6.42 Å². The molecule has 2 unspecified atom stereocenters. The predicted octanol–water partition coefficient (Wildman–Crippen LogP) is 0.567. The highest BCUT2D eigenvalue weighted by Gasteiger charge is 2.17. The van der Waals surface area contributed by atoms with Crippen molar-refractivity contribution in [2.24, 2.45) is 11.7 Å². The summed E-state index contributed by atoms with van der Waals surface area (Å²) in [7, 11) is 0. The quantitative estimate of drug-likeness (QED) is 0.557. The molecule has 0 spiro atoms. The molecule has 0 saturated heterocycles. The van der Waals surface area contributed by atoms with Crippen LogP contribution >= 0.6 is 12.6 Å². The fourth-order valence-electron chi connectivity index (χ4n) is 1.03. The average molecular weight is 191 g/mol. The molecule has 0 aliphatic rings. The molecule has 0 bridgehead atoms. The largest absolute Gasteiger partial charge is 0.391 e. The van der Waals surface area contributed by atoms with Crippen LogP contribution in [0.15, 0.2) is 0 Å². The molecule has 12 heavy (non-hydrogen) atoms. The van der Waals surface area contributed by atoms with Crippen LogP contribution < -0.4 is 5.73 Å². The maximum absolute atomic E-state index is 10.5. The first-order valence-electron chi connectivity index (χ1n) is 4.09. The lowest BCUT2D eigenvalue weighted by Gasteiger charge is -2.18. The van der Waals surface area contributed by atoms with E-state index in [2.05, 4.69) is 12.6 Å². The molecule has 3 N–H and O–H groups in total. The van der Waals surface area contributed by atoms with Crippen LogP contribution in [0.1, 0.15) is 26.7 Å². The third kappa shape index (κ3) is 5.57. The first-order valence-corrected chi connectivity index (χ1v) is 4.53. The molecular formula is C8H17NO2S. The number of aliphatic hydroxyl groups excluding tert-OH is 1. The number of carbonyl (C=O) groups is 1. The number of carbonyl (C=O) groups excluding carboxylic acids is 1. The smallest absolute Gasteiger partial charge is 0.188 e. The van der Waals surface area contributed by atoms with Gasteiger partial charge in [0.05, 0.1) is 6.10 Å². The van der Waals surface area contributed by atoms with Gasteiger partial charge in [0.25, 0.3) is 0 Å². The van der Waals surface area contributed by atoms with Crippen LogP contribution in [-0.4, -0.2) is 22.4 Å². The van der Waals surface area contributed by atoms with Gasteiger partial charge in [-0.25, -0.2) is 0 Å². The van der Waals surface area contributed by atoms with Crippen molar-refractivity contribution >= 4 is 17.7 Å². The van der Waals surface area contributed by atoms with Crippen LogP contribution in [0.2, 0.25) is 0 Å². The van der Waals surface area contributed by atoms with Crippen LogP contribution in [0.3, 0.4) is 0 Å². The molecule has 0 aromatic carbocycles. The monoisotopic (exact) mass is 191 g/mol. The Kier molecular flexibility index (Phi) is 5.53. The summed E-state index contributed by atoms with van der Waals surface area (Å²) < 4.78 is 0. The molecule has 3 nitrogen and oxygen atoms in total. The summed E-state index contributed by atoms with van der Waals surface area (Å²) in [5, 5.41) is 9.02. The Labute approximate surface area is 78.7 Å². The van der Waals surface area contributed by atoms with Crippen molar-refractivity contribution in [3.05, 3.63) is 0 Å². The Morgan fingerprint density at radius 1 is 1.58 bits per heavy atom. The van der Waals surface area contributed by atoms with Gasteiger partial charge < -0.3 is 10.8 Å². The number of hydrogen-bond donors (Lipinski definition) is 3. The summed E-state index contributed by atoms with van der Waals surface area (Å²) in [6.45, 7) is 4.05. The SMILES string of the molecule is CC(C)CC(N)C(O)CC(=O)S. The molecule has 4 heteroatoms. The maximum Gasteiger partial charge on any atom is 0.188 e. The van der Waals surface area contributed by atoms with Gasteiger partial charge in [0.15, 0.2) is 5.12 Å². The van der Waals surface area contributed by atoms with E-state index in [-0.39, 0.29) is 17.6 Å². The number of nitrogens with two attached hydrogens (primary N) is 1. The molecule has 0 radical (unpaired) electrons. The summed E-state index contributed by atoms with van der Waals surface area (Å²) in [4.78, 5) is 10.5. The molecule has 0 fully saturated rings. The van der Waals surface area contributed by atoms with Crippen molar-refractivity contribution in [1.82, 2.24) is 0 Å². The molecule has 2 atom stereocenters. The van der Waals surface area contributed by atoms with Gasteiger partial charge in [-0.1, -0.05) is 13.8 Å². The van der Waals surface area contributed by atoms with E-state index in [9.17, 15) is 9.90 Å². The Bertz CT molecular complexity index is 150. The maximum atomic E-state index is 10.5. The first-order chi connectivity index (χ1) is 5.43. The van der Waals surface area contributed by atoms with Gasteiger partial charge in [-0.3, -0.25) is 4.79 Å². The third-order valence-corrected chi connectivity index (χ3v) is 1.80. The van der Waals surface area contributed by atoms with Crippen LogP contribution in [0.25, 0.3) is 0 Å². The third-order valence-electron chi connectivity index (χ3n) is 1.62. The minimum absolute atomic E-state index is 0.0387. The summed E-state index contributed by atoms with van der Waals surface area (Å²) in [5.74, 6) is 0.435. The lowest BCUT2D eigenvalue weighted by Crippen LogP contribution is -2.36. The minimum atomic E-state index is -0.752. The van der Waals surface area contributed by atoms with E-state index >= 15 is 0 Å². The summed E-state index contributed by atoms with van der Waals surface area (Å²) in [5.41, 5.74) is 5.63. The Hall–Kier alpha value is -0.0600. The van der Waals surface area contributed by atoms with Crippen molar-refractivity contribution < 1.29 is 9.90 Å². The normalized spacial score (nSPS) is 16.2. The van der Waals surface area contributed by atoms with Crippen LogP contribution in [0.4, 0.5) is 0 Å². The number of rotatable bonds is 5. The highest BCUT2D eigenvalue weighted by molar-refractivity contribution is 7.96. The Morgan fingerprint density at radius 3 is 2.42 bits per heavy atom. The van der Waals surface area contributed by atoms with Gasteiger partial charge in [0, 0.05) is 12.5 Å². The number of hydrogen-bond acceptors (Lipinski definition) is 3. The molecule has 0 aliphatic heterocycles. The zero-order valence-electron chi connectivity index (χ0n) is 7.53. The number of thiol groups is 1. The van der Waals surface area contributed by atoms with Crippen LogP contribution in [-0.2, 0) is 4.79 Å². The second-order valence-electron chi connectivity index (χ2n) is 3.46. The fraction of sp³-hybridized carbons (Fsp3) is 0.875. The van der Waals surface area contributed by atoms with Gasteiger partial charge in [0.1, 0.15) is 0 Å². The van der Waals surface area contributed by atoms with E-state index in [4.69, 9.17) is 5.73 Å². The Balaban J connectivity index is 3.76. The molecule has 0 heterocycles. The minimum Gasteiger partial charge on any atom is -0.391 e. The number of aliphatic hydroxyl groups is 1. The Morgan fingerprint density at radius 2 is 2.08 bits per heavy atom. The molecule has 0 rings (SSSR count). The lowest BCUT2D eigenvalue weighted by atomic mass is 9.99. The van der Waals surface area contributed by atoms with Crippen molar-refractivity contribution in [1.29, 1.82) is 0 Å². The first kappa shape index (κ1) is 11.9. The highest BCUT2D eigenvalue weighted by Crippen LogP contribution is 2.09. The topological polar surface area (TPSA) is 63.3 Å². The summed E-state index contributed by atoms with van der Waals surface area (Å²) in [6.07, 6.45) is 0.0107. The van der Waals surface area contributed by atoms with Gasteiger partial charge in [-0.15, -0.1) is 12.6 Å². The van der Waals surface area contributed by atoms with Crippen molar-refractivity contribution in [3.8, 4) is 0 Å². The van der Waals surface area contributed by atoms with E-state index in [0.29, 0.717) is 5.92 Å². The van der Waals surface area contributed by atoms with E-state index in [1.165, 1.54) is 0 Å². The molecule has 0 aliphatic carbocycles. The summed E-state index contributed by atoms with van der Waals surface area (Å²) >= 11 is 3.57. The van der Waals surface area contributed by atoms with E-state index in [1.807, 2.05) is 13.8 Å². The molecule has 0 amide bonds. The zero-order chi connectivity index (χ0) is 9.72.